The Morgan fingerprint density at radius 2 is 1.91 bits per heavy atom. The molecule has 0 radical (unpaired) electrons. The van der Waals surface area contributed by atoms with Crippen molar-refractivity contribution in [1.82, 2.24) is 14.8 Å². The lowest BCUT2D eigenvalue weighted by Crippen LogP contribution is -2.14. The Balaban J connectivity index is 1.60. The highest BCUT2D eigenvalue weighted by Crippen LogP contribution is 2.22. The van der Waals surface area contributed by atoms with Gasteiger partial charge < -0.3 is 10.1 Å². The molecule has 3 aromatic rings. The molecular formula is C25H27FN4O3S. The summed E-state index contributed by atoms with van der Waals surface area (Å²) in [5, 5.41) is 11.7. The molecule has 3 rings (SSSR count). The molecule has 34 heavy (non-hydrogen) atoms. The van der Waals surface area contributed by atoms with Crippen molar-refractivity contribution in [2.75, 3.05) is 11.1 Å². The van der Waals surface area contributed by atoms with Gasteiger partial charge in [0.05, 0.1) is 5.75 Å². The largest absolute Gasteiger partial charge is 0.483 e. The van der Waals surface area contributed by atoms with Crippen molar-refractivity contribution in [2.45, 2.75) is 38.6 Å². The van der Waals surface area contributed by atoms with Gasteiger partial charge in [0.1, 0.15) is 6.61 Å². The normalized spacial score (nSPS) is 10.8. The average molecular weight is 483 g/mol. The number of amides is 1. The predicted octanol–water partition coefficient (Wildman–Crippen LogP) is 5.14. The number of anilines is 1. The Hall–Kier alpha value is -3.46. The van der Waals surface area contributed by atoms with Crippen molar-refractivity contribution in [3.63, 3.8) is 0 Å². The van der Waals surface area contributed by atoms with Crippen LogP contribution < -0.4 is 10.1 Å². The Morgan fingerprint density at radius 3 is 2.59 bits per heavy atom. The van der Waals surface area contributed by atoms with Crippen LogP contribution in [-0.4, -0.2) is 32.2 Å². The van der Waals surface area contributed by atoms with E-state index in [4.69, 9.17) is 4.74 Å². The molecule has 0 aliphatic carbocycles. The summed E-state index contributed by atoms with van der Waals surface area (Å²) < 4.78 is 21.1. The quantitative estimate of drug-likeness (QED) is 0.219. The van der Waals surface area contributed by atoms with Crippen molar-refractivity contribution >= 4 is 29.1 Å². The van der Waals surface area contributed by atoms with Crippen molar-refractivity contribution in [1.29, 1.82) is 0 Å². The highest BCUT2D eigenvalue weighted by atomic mass is 32.2. The number of para-hydroxylation sites is 1. The molecule has 7 nitrogen and oxygen atoms in total. The van der Waals surface area contributed by atoms with E-state index in [1.807, 2.05) is 13.8 Å². The van der Waals surface area contributed by atoms with Gasteiger partial charge in [0.2, 0.25) is 5.91 Å². The van der Waals surface area contributed by atoms with Crippen molar-refractivity contribution < 1.29 is 18.7 Å². The van der Waals surface area contributed by atoms with E-state index in [0.717, 1.165) is 0 Å². The average Bonchev–Trinajstić information content (AvgIpc) is 3.18. The molecule has 2 aromatic carbocycles. The lowest BCUT2D eigenvalue weighted by atomic mass is 10.1. The maximum Gasteiger partial charge on any atom is 0.224 e. The highest BCUT2D eigenvalue weighted by Gasteiger charge is 2.16. The fourth-order valence-electron chi connectivity index (χ4n) is 3.08. The summed E-state index contributed by atoms with van der Waals surface area (Å²) in [6, 6.07) is 13.0. The second kappa shape index (κ2) is 12.1. The first-order valence-corrected chi connectivity index (χ1v) is 11.8. The van der Waals surface area contributed by atoms with Crippen LogP contribution in [0.2, 0.25) is 0 Å². The molecule has 178 valence electrons. The summed E-state index contributed by atoms with van der Waals surface area (Å²) in [4.78, 5) is 24.6. The van der Waals surface area contributed by atoms with Crippen LogP contribution in [0.15, 0.2) is 66.3 Å². The molecule has 0 aliphatic rings. The number of hydrogen-bond donors (Lipinski definition) is 1. The molecule has 0 fully saturated rings. The molecule has 0 bridgehead atoms. The zero-order valence-electron chi connectivity index (χ0n) is 19.2. The second-order valence-electron chi connectivity index (χ2n) is 7.95. The van der Waals surface area contributed by atoms with Crippen LogP contribution >= 0.6 is 11.8 Å². The van der Waals surface area contributed by atoms with E-state index in [1.54, 1.807) is 53.1 Å². The van der Waals surface area contributed by atoms with E-state index in [1.165, 1.54) is 17.8 Å². The number of nitrogens with one attached hydrogen (secondary N) is 1. The van der Waals surface area contributed by atoms with Gasteiger partial charge in [-0.15, -0.1) is 16.8 Å². The Bertz CT molecular complexity index is 1150. The third kappa shape index (κ3) is 7.02. The van der Waals surface area contributed by atoms with Crippen LogP contribution in [0.1, 0.15) is 36.5 Å². The van der Waals surface area contributed by atoms with Crippen LogP contribution in [0.3, 0.4) is 0 Å². The third-order valence-electron chi connectivity index (χ3n) is 4.72. The number of carbonyl (C=O) groups is 2. The Morgan fingerprint density at radius 1 is 1.18 bits per heavy atom. The number of ether oxygens (including phenoxy) is 1. The number of halogens is 1. The molecule has 1 aromatic heterocycles. The van der Waals surface area contributed by atoms with Gasteiger partial charge in [0, 0.05) is 24.2 Å². The lowest BCUT2D eigenvalue weighted by molar-refractivity contribution is -0.116. The monoisotopic (exact) mass is 482 g/mol. The van der Waals surface area contributed by atoms with Gasteiger partial charge in [0.15, 0.2) is 28.3 Å². The standard InChI is InChI=1S/C25H27FN4O3S/c1-4-13-30-23(15-33-22-8-6-5-7-20(22)26)28-29-25(30)34-16-21(31)18-9-11-19(12-10-18)27-24(32)14-17(2)3/h4-12,17H,1,13-16H2,2-3H3,(H,27,32). The minimum atomic E-state index is -0.456. The summed E-state index contributed by atoms with van der Waals surface area (Å²) in [5.41, 5.74) is 1.19. The van der Waals surface area contributed by atoms with E-state index in [0.29, 0.717) is 35.2 Å². The van der Waals surface area contributed by atoms with Crippen molar-refractivity contribution in [2.24, 2.45) is 5.92 Å². The first-order valence-electron chi connectivity index (χ1n) is 10.8. The number of allylic oxidation sites excluding steroid dienone is 1. The predicted molar refractivity (Wildman–Crippen MR) is 131 cm³/mol. The van der Waals surface area contributed by atoms with Crippen molar-refractivity contribution in [3.05, 3.63) is 78.4 Å². The van der Waals surface area contributed by atoms with Gasteiger partial charge in [-0.25, -0.2) is 4.39 Å². The van der Waals surface area contributed by atoms with E-state index in [-0.39, 0.29) is 35.7 Å². The Kier molecular flexibility index (Phi) is 8.98. The van der Waals surface area contributed by atoms with Crippen LogP contribution in [0.4, 0.5) is 10.1 Å². The van der Waals surface area contributed by atoms with Crippen LogP contribution in [-0.2, 0) is 17.9 Å². The first kappa shape index (κ1) is 25.2. The van der Waals surface area contributed by atoms with E-state index in [2.05, 4.69) is 22.1 Å². The molecule has 1 N–H and O–H groups in total. The number of aromatic nitrogens is 3. The number of rotatable bonds is 12. The van der Waals surface area contributed by atoms with E-state index >= 15 is 0 Å². The minimum absolute atomic E-state index is 0.0280. The first-order chi connectivity index (χ1) is 16.4. The van der Waals surface area contributed by atoms with E-state index < -0.39 is 5.82 Å². The summed E-state index contributed by atoms with van der Waals surface area (Å²) >= 11 is 1.25. The summed E-state index contributed by atoms with van der Waals surface area (Å²) in [7, 11) is 0. The maximum atomic E-state index is 13.8. The number of ketones is 1. The van der Waals surface area contributed by atoms with Crippen LogP contribution in [0, 0.1) is 11.7 Å². The van der Waals surface area contributed by atoms with E-state index in [9.17, 15) is 14.0 Å². The molecule has 0 atom stereocenters. The zero-order valence-corrected chi connectivity index (χ0v) is 20.0. The second-order valence-corrected chi connectivity index (χ2v) is 8.90. The zero-order chi connectivity index (χ0) is 24.5. The van der Waals surface area contributed by atoms with Crippen LogP contribution in [0.25, 0.3) is 0 Å². The highest BCUT2D eigenvalue weighted by molar-refractivity contribution is 7.99. The Labute approximate surface area is 202 Å². The number of Topliss-reactive ketones (excluding diaryl/α,β-unsaturated/α-hetero) is 1. The fourth-order valence-corrected chi connectivity index (χ4v) is 3.95. The smallest absolute Gasteiger partial charge is 0.224 e. The van der Waals surface area contributed by atoms with Crippen LogP contribution in [0.5, 0.6) is 5.75 Å². The number of hydrogen-bond acceptors (Lipinski definition) is 6. The maximum absolute atomic E-state index is 13.8. The minimum Gasteiger partial charge on any atom is -0.483 e. The lowest BCUT2D eigenvalue weighted by Gasteiger charge is -2.10. The number of benzene rings is 2. The third-order valence-corrected chi connectivity index (χ3v) is 5.68. The fraction of sp³-hybridized carbons (Fsp3) is 0.280. The number of carbonyl (C=O) groups excluding carboxylic acids is 2. The molecule has 1 heterocycles. The molecule has 9 heteroatoms. The van der Waals surface area contributed by atoms with Gasteiger partial charge in [-0.2, -0.15) is 0 Å². The van der Waals surface area contributed by atoms with Gasteiger partial charge in [-0.05, 0) is 42.3 Å². The van der Waals surface area contributed by atoms with Crippen molar-refractivity contribution in [3.8, 4) is 5.75 Å². The molecule has 0 saturated carbocycles. The van der Waals surface area contributed by atoms with Gasteiger partial charge in [-0.3, -0.25) is 14.2 Å². The molecule has 0 spiro atoms. The van der Waals surface area contributed by atoms with Gasteiger partial charge >= 0.3 is 0 Å². The molecule has 0 unspecified atom stereocenters. The molecule has 0 saturated heterocycles. The number of nitrogens with zero attached hydrogens (tertiary/aromatic N) is 3. The number of thioether (sulfide) groups is 1. The SMILES string of the molecule is C=CCn1c(COc2ccccc2F)nnc1SCC(=O)c1ccc(NC(=O)CC(C)C)cc1. The molecule has 1 amide bonds. The molecule has 0 aliphatic heterocycles. The van der Waals surface area contributed by atoms with Gasteiger partial charge in [-0.1, -0.05) is 43.8 Å². The summed E-state index contributed by atoms with van der Waals surface area (Å²) in [6.45, 7) is 8.16. The van der Waals surface area contributed by atoms with Gasteiger partial charge in [0.25, 0.3) is 0 Å². The molecular weight excluding hydrogens is 455 g/mol. The summed E-state index contributed by atoms with van der Waals surface area (Å²) in [6.07, 6.45) is 2.13. The topological polar surface area (TPSA) is 86.1 Å². The summed E-state index contributed by atoms with van der Waals surface area (Å²) in [5.74, 6) is 0.463.